The highest BCUT2D eigenvalue weighted by Gasteiger charge is 2.10. The van der Waals surface area contributed by atoms with E-state index < -0.39 is 0 Å². The van der Waals surface area contributed by atoms with Crippen molar-refractivity contribution in [2.45, 2.75) is 32.7 Å². The second-order valence-electron chi connectivity index (χ2n) is 4.33. The van der Waals surface area contributed by atoms with E-state index in [0.717, 1.165) is 0 Å². The number of nitrogens with one attached hydrogen (secondary N) is 1. The first-order valence-electron chi connectivity index (χ1n) is 6.45. The summed E-state index contributed by atoms with van der Waals surface area (Å²) >= 11 is 0. The second-order valence-corrected chi connectivity index (χ2v) is 4.33. The fourth-order valence-electron chi connectivity index (χ4n) is 1.78. The summed E-state index contributed by atoms with van der Waals surface area (Å²) < 4.78 is 4.83. The molecule has 5 heteroatoms. The molecule has 5 nitrogen and oxygen atoms in total. The molecule has 0 aliphatic rings. The molecular formula is C14H21NO4. The van der Waals surface area contributed by atoms with Crippen LogP contribution in [0.3, 0.4) is 0 Å². The van der Waals surface area contributed by atoms with Crippen LogP contribution in [-0.4, -0.2) is 29.3 Å². The first-order chi connectivity index (χ1) is 9.04. The van der Waals surface area contributed by atoms with Crippen LogP contribution >= 0.6 is 0 Å². The molecule has 0 aliphatic heterocycles. The third-order valence-corrected chi connectivity index (χ3v) is 2.79. The summed E-state index contributed by atoms with van der Waals surface area (Å²) in [6, 6.07) is 4.32. The van der Waals surface area contributed by atoms with Crippen molar-refractivity contribution in [1.82, 2.24) is 5.32 Å². The van der Waals surface area contributed by atoms with Gasteiger partial charge in [0, 0.05) is 18.0 Å². The van der Waals surface area contributed by atoms with E-state index in [-0.39, 0.29) is 23.5 Å². The van der Waals surface area contributed by atoms with Crippen molar-refractivity contribution in [2.24, 2.45) is 0 Å². The maximum absolute atomic E-state index is 11.1. The summed E-state index contributed by atoms with van der Waals surface area (Å²) in [4.78, 5) is 11.1. The van der Waals surface area contributed by atoms with E-state index in [1.807, 2.05) is 6.92 Å². The van der Waals surface area contributed by atoms with Gasteiger partial charge in [0.25, 0.3) is 0 Å². The SMILES string of the molecule is CCOC(=O)CCCNC(C)c1cc(O)ccc1O. The van der Waals surface area contributed by atoms with E-state index in [1.54, 1.807) is 6.92 Å². The zero-order valence-electron chi connectivity index (χ0n) is 11.3. The summed E-state index contributed by atoms with van der Waals surface area (Å²) in [5.41, 5.74) is 0.635. The Labute approximate surface area is 113 Å². The first kappa shape index (κ1) is 15.3. The summed E-state index contributed by atoms with van der Waals surface area (Å²) in [5.74, 6) is 0.0633. The minimum Gasteiger partial charge on any atom is -0.508 e. The lowest BCUT2D eigenvalue weighted by molar-refractivity contribution is -0.143. The fraction of sp³-hybridized carbons (Fsp3) is 0.500. The zero-order valence-corrected chi connectivity index (χ0v) is 11.3. The monoisotopic (exact) mass is 267 g/mol. The van der Waals surface area contributed by atoms with Gasteiger partial charge in [0.05, 0.1) is 6.61 Å². The number of ether oxygens (including phenoxy) is 1. The Morgan fingerprint density at radius 2 is 2.16 bits per heavy atom. The average Bonchev–Trinajstić information content (AvgIpc) is 2.37. The van der Waals surface area contributed by atoms with Crippen LogP contribution in [0.4, 0.5) is 0 Å². The Bertz CT molecular complexity index is 420. The van der Waals surface area contributed by atoms with Crippen molar-refractivity contribution in [2.75, 3.05) is 13.2 Å². The van der Waals surface area contributed by atoms with E-state index in [9.17, 15) is 15.0 Å². The van der Waals surface area contributed by atoms with Gasteiger partial charge >= 0.3 is 5.97 Å². The number of carbonyl (C=O) groups excluding carboxylic acids is 1. The van der Waals surface area contributed by atoms with E-state index in [0.29, 0.717) is 31.6 Å². The molecule has 0 heterocycles. The van der Waals surface area contributed by atoms with Crippen molar-refractivity contribution in [3.8, 4) is 11.5 Å². The smallest absolute Gasteiger partial charge is 0.305 e. The Morgan fingerprint density at radius 3 is 2.84 bits per heavy atom. The predicted molar refractivity (Wildman–Crippen MR) is 72.1 cm³/mol. The molecule has 0 aromatic heterocycles. The van der Waals surface area contributed by atoms with E-state index in [4.69, 9.17) is 4.74 Å². The van der Waals surface area contributed by atoms with E-state index >= 15 is 0 Å². The highest BCUT2D eigenvalue weighted by Crippen LogP contribution is 2.27. The maximum atomic E-state index is 11.1. The number of aromatic hydroxyl groups is 2. The second kappa shape index (κ2) is 7.63. The number of benzene rings is 1. The van der Waals surface area contributed by atoms with Crippen LogP contribution in [0.25, 0.3) is 0 Å². The van der Waals surface area contributed by atoms with Crippen molar-refractivity contribution in [3.05, 3.63) is 23.8 Å². The summed E-state index contributed by atoms with van der Waals surface area (Å²) in [7, 11) is 0. The van der Waals surface area contributed by atoms with E-state index in [1.165, 1.54) is 18.2 Å². The lowest BCUT2D eigenvalue weighted by atomic mass is 10.1. The molecule has 0 radical (unpaired) electrons. The Hall–Kier alpha value is -1.75. The molecule has 0 fully saturated rings. The molecule has 19 heavy (non-hydrogen) atoms. The number of esters is 1. The third kappa shape index (κ3) is 5.18. The molecule has 1 unspecified atom stereocenters. The summed E-state index contributed by atoms with van der Waals surface area (Å²) in [5, 5.41) is 22.3. The third-order valence-electron chi connectivity index (χ3n) is 2.79. The van der Waals surface area contributed by atoms with Crippen LogP contribution in [0.1, 0.15) is 38.3 Å². The average molecular weight is 267 g/mol. The number of hydrogen-bond donors (Lipinski definition) is 3. The molecule has 1 atom stereocenters. The molecule has 1 aromatic rings. The highest BCUT2D eigenvalue weighted by atomic mass is 16.5. The van der Waals surface area contributed by atoms with Crippen LogP contribution in [0, 0.1) is 0 Å². The van der Waals surface area contributed by atoms with Gasteiger partial charge < -0.3 is 20.3 Å². The molecule has 1 rings (SSSR count). The van der Waals surface area contributed by atoms with E-state index in [2.05, 4.69) is 5.32 Å². The van der Waals surface area contributed by atoms with Crippen molar-refractivity contribution in [3.63, 3.8) is 0 Å². The molecule has 3 N–H and O–H groups in total. The molecule has 0 bridgehead atoms. The van der Waals surface area contributed by atoms with Crippen LogP contribution < -0.4 is 5.32 Å². The minimum atomic E-state index is -0.197. The Morgan fingerprint density at radius 1 is 1.42 bits per heavy atom. The Kier molecular flexibility index (Phi) is 6.15. The van der Waals surface area contributed by atoms with Gasteiger partial charge in [-0.1, -0.05) is 0 Å². The number of hydrogen-bond acceptors (Lipinski definition) is 5. The van der Waals surface area contributed by atoms with Gasteiger partial charge in [-0.05, 0) is 45.0 Å². The molecule has 0 saturated heterocycles. The van der Waals surface area contributed by atoms with Crippen LogP contribution in [0.15, 0.2) is 18.2 Å². The predicted octanol–water partition coefficient (Wildman–Crippen LogP) is 2.09. The van der Waals surface area contributed by atoms with Crippen molar-refractivity contribution < 1.29 is 19.7 Å². The summed E-state index contributed by atoms with van der Waals surface area (Å²) in [6.45, 7) is 4.71. The van der Waals surface area contributed by atoms with Crippen LogP contribution in [0.5, 0.6) is 11.5 Å². The van der Waals surface area contributed by atoms with Gasteiger partial charge in [-0.25, -0.2) is 0 Å². The lowest BCUT2D eigenvalue weighted by Crippen LogP contribution is -2.20. The van der Waals surface area contributed by atoms with Crippen molar-refractivity contribution >= 4 is 5.97 Å². The van der Waals surface area contributed by atoms with Gasteiger partial charge in [-0.2, -0.15) is 0 Å². The molecule has 0 amide bonds. The molecule has 0 aliphatic carbocycles. The maximum Gasteiger partial charge on any atom is 0.305 e. The Balaban J connectivity index is 2.37. The zero-order chi connectivity index (χ0) is 14.3. The number of rotatable bonds is 7. The van der Waals surface area contributed by atoms with Gasteiger partial charge in [0.1, 0.15) is 11.5 Å². The molecule has 1 aromatic carbocycles. The van der Waals surface area contributed by atoms with Crippen LogP contribution in [-0.2, 0) is 9.53 Å². The summed E-state index contributed by atoms with van der Waals surface area (Å²) in [6.07, 6.45) is 1.04. The first-order valence-corrected chi connectivity index (χ1v) is 6.45. The number of carbonyl (C=O) groups is 1. The van der Waals surface area contributed by atoms with Crippen LogP contribution in [0.2, 0.25) is 0 Å². The van der Waals surface area contributed by atoms with Crippen molar-refractivity contribution in [1.29, 1.82) is 0 Å². The molecular weight excluding hydrogens is 246 g/mol. The molecule has 0 spiro atoms. The van der Waals surface area contributed by atoms with Gasteiger partial charge in [0.2, 0.25) is 0 Å². The standard InChI is InChI=1S/C14H21NO4/c1-3-19-14(18)5-4-8-15-10(2)12-9-11(16)6-7-13(12)17/h6-7,9-10,15-17H,3-5,8H2,1-2H3. The lowest BCUT2D eigenvalue weighted by Gasteiger charge is -2.15. The van der Waals surface area contributed by atoms with Gasteiger partial charge in [-0.15, -0.1) is 0 Å². The number of phenolic OH excluding ortho intramolecular Hbond substituents is 2. The van der Waals surface area contributed by atoms with Gasteiger partial charge in [-0.3, -0.25) is 4.79 Å². The molecule has 106 valence electrons. The fourth-order valence-corrected chi connectivity index (χ4v) is 1.78. The largest absolute Gasteiger partial charge is 0.508 e. The topological polar surface area (TPSA) is 78.8 Å². The molecule has 0 saturated carbocycles. The quantitative estimate of drug-likeness (QED) is 0.400. The van der Waals surface area contributed by atoms with Gasteiger partial charge in [0.15, 0.2) is 0 Å². The number of phenols is 2. The normalized spacial score (nSPS) is 12.1. The highest BCUT2D eigenvalue weighted by molar-refractivity contribution is 5.69. The minimum absolute atomic E-state index is 0.103.